The molecule has 3 rings (SSSR count). The van der Waals surface area contributed by atoms with E-state index in [4.69, 9.17) is 9.31 Å². The van der Waals surface area contributed by atoms with Gasteiger partial charge in [0.15, 0.2) is 0 Å². The Bertz CT molecular complexity index is 482. The predicted octanol–water partition coefficient (Wildman–Crippen LogP) is 1.98. The smallest absolute Gasteiger partial charge is 0.399 e. The van der Waals surface area contributed by atoms with E-state index in [1.54, 1.807) is 0 Å². The molecule has 3 heterocycles. The van der Waals surface area contributed by atoms with Gasteiger partial charge in [-0.15, -0.1) is 0 Å². The molecule has 2 aliphatic heterocycles. The molecule has 0 aliphatic carbocycles. The van der Waals surface area contributed by atoms with Crippen LogP contribution in [0.25, 0.3) is 0 Å². The first kappa shape index (κ1) is 13.9. The van der Waals surface area contributed by atoms with Crippen LogP contribution in [0.1, 0.15) is 40.5 Å². The molecule has 1 aromatic heterocycles. The molecule has 0 radical (unpaired) electrons. The number of aromatic nitrogens is 1. The van der Waals surface area contributed by atoms with Crippen LogP contribution in [-0.2, 0) is 9.31 Å². The summed E-state index contributed by atoms with van der Waals surface area (Å²) in [7, 11) is -0.329. The second kappa shape index (κ2) is 4.74. The van der Waals surface area contributed by atoms with Gasteiger partial charge in [-0.3, -0.25) is 0 Å². The molecular weight excluding hydrogens is 251 g/mol. The van der Waals surface area contributed by atoms with Crippen LogP contribution in [0.2, 0.25) is 0 Å². The minimum Gasteiger partial charge on any atom is -0.399 e. The normalized spacial score (nSPS) is 24.4. The highest BCUT2D eigenvalue weighted by atomic mass is 16.7. The molecule has 108 valence electrons. The third kappa shape index (κ3) is 2.23. The van der Waals surface area contributed by atoms with Crippen molar-refractivity contribution in [3.63, 3.8) is 0 Å². The molecule has 0 amide bonds. The fourth-order valence-electron chi connectivity index (χ4n) is 2.76. The summed E-state index contributed by atoms with van der Waals surface area (Å²) in [6, 6.07) is 4.03. The second-order valence-corrected chi connectivity index (χ2v) is 6.70. The van der Waals surface area contributed by atoms with Crippen molar-refractivity contribution in [2.75, 3.05) is 18.0 Å². The van der Waals surface area contributed by atoms with Crippen LogP contribution in [-0.4, -0.2) is 36.4 Å². The molecular formula is C15H23BN2O2. The Kier molecular flexibility index (Phi) is 3.29. The van der Waals surface area contributed by atoms with Gasteiger partial charge in [0.2, 0.25) is 0 Å². The Labute approximate surface area is 121 Å². The van der Waals surface area contributed by atoms with Gasteiger partial charge < -0.3 is 14.2 Å². The summed E-state index contributed by atoms with van der Waals surface area (Å²) in [6.07, 6.45) is 4.32. The fraction of sp³-hybridized carbons (Fsp3) is 0.667. The van der Waals surface area contributed by atoms with E-state index < -0.39 is 0 Å². The fourth-order valence-corrected chi connectivity index (χ4v) is 2.76. The van der Waals surface area contributed by atoms with Crippen molar-refractivity contribution in [3.8, 4) is 0 Å². The summed E-state index contributed by atoms with van der Waals surface area (Å²) in [6.45, 7) is 10.5. The van der Waals surface area contributed by atoms with Crippen LogP contribution in [0.5, 0.6) is 0 Å². The van der Waals surface area contributed by atoms with Crippen LogP contribution in [0, 0.1) is 0 Å². The molecule has 2 fully saturated rings. The molecule has 0 spiro atoms. The Hall–Kier alpha value is -1.07. The van der Waals surface area contributed by atoms with Gasteiger partial charge in [0.05, 0.1) is 11.2 Å². The molecule has 1 aromatic rings. The molecule has 0 N–H and O–H groups in total. The minimum atomic E-state index is -0.329. The summed E-state index contributed by atoms with van der Waals surface area (Å²) in [4.78, 5) is 6.90. The van der Waals surface area contributed by atoms with Crippen LogP contribution in [0.15, 0.2) is 18.3 Å². The van der Waals surface area contributed by atoms with E-state index >= 15 is 0 Å². The summed E-state index contributed by atoms with van der Waals surface area (Å²) >= 11 is 0. The lowest BCUT2D eigenvalue weighted by atomic mass is 9.79. The average molecular weight is 274 g/mol. The quantitative estimate of drug-likeness (QED) is 0.772. The highest BCUT2D eigenvalue weighted by Gasteiger charge is 2.52. The number of rotatable bonds is 2. The molecule has 0 atom stereocenters. The molecule has 0 aromatic carbocycles. The first-order valence-electron chi connectivity index (χ1n) is 7.46. The van der Waals surface area contributed by atoms with Gasteiger partial charge in [-0.1, -0.05) is 6.07 Å². The molecule has 5 heteroatoms. The molecule has 0 bridgehead atoms. The van der Waals surface area contributed by atoms with E-state index in [1.807, 2.05) is 12.3 Å². The zero-order chi connectivity index (χ0) is 14.4. The Morgan fingerprint density at radius 1 is 1.10 bits per heavy atom. The van der Waals surface area contributed by atoms with Crippen LogP contribution in [0.4, 0.5) is 5.82 Å². The van der Waals surface area contributed by atoms with E-state index in [9.17, 15) is 0 Å². The van der Waals surface area contributed by atoms with Gasteiger partial charge >= 0.3 is 7.12 Å². The molecule has 2 saturated heterocycles. The van der Waals surface area contributed by atoms with Crippen LogP contribution < -0.4 is 10.4 Å². The molecule has 0 saturated carbocycles. The number of anilines is 1. The second-order valence-electron chi connectivity index (χ2n) is 6.70. The third-order valence-corrected chi connectivity index (χ3v) is 4.73. The zero-order valence-electron chi connectivity index (χ0n) is 12.8. The molecule has 4 nitrogen and oxygen atoms in total. The van der Waals surface area contributed by atoms with Crippen LogP contribution >= 0.6 is 0 Å². The Balaban J connectivity index is 1.92. The van der Waals surface area contributed by atoms with Crippen molar-refractivity contribution in [2.45, 2.75) is 51.7 Å². The Morgan fingerprint density at radius 2 is 1.70 bits per heavy atom. The molecule has 0 unspecified atom stereocenters. The highest BCUT2D eigenvalue weighted by molar-refractivity contribution is 6.63. The van der Waals surface area contributed by atoms with E-state index in [-0.39, 0.29) is 18.3 Å². The first-order chi connectivity index (χ1) is 9.41. The summed E-state index contributed by atoms with van der Waals surface area (Å²) in [5.74, 6) is 1.02. The number of hydrogen-bond donors (Lipinski definition) is 0. The van der Waals surface area contributed by atoms with E-state index in [0.29, 0.717) is 0 Å². The van der Waals surface area contributed by atoms with Gasteiger partial charge in [-0.05, 0) is 46.6 Å². The van der Waals surface area contributed by atoms with Gasteiger partial charge in [0, 0.05) is 24.7 Å². The van der Waals surface area contributed by atoms with Crippen molar-refractivity contribution in [3.05, 3.63) is 18.3 Å². The van der Waals surface area contributed by atoms with Crippen molar-refractivity contribution < 1.29 is 9.31 Å². The van der Waals surface area contributed by atoms with E-state index in [1.165, 1.54) is 12.8 Å². The van der Waals surface area contributed by atoms with Gasteiger partial charge in [0.25, 0.3) is 0 Å². The maximum atomic E-state index is 6.16. The van der Waals surface area contributed by atoms with Crippen molar-refractivity contribution in [1.29, 1.82) is 0 Å². The predicted molar refractivity (Wildman–Crippen MR) is 81.4 cm³/mol. The average Bonchev–Trinajstić information content (AvgIpc) is 2.97. The lowest BCUT2D eigenvalue weighted by Gasteiger charge is -2.32. The number of hydrogen-bond acceptors (Lipinski definition) is 4. The number of nitrogens with zero attached hydrogens (tertiary/aromatic N) is 2. The maximum absolute atomic E-state index is 6.16. The lowest BCUT2D eigenvalue weighted by Crippen LogP contribution is -2.41. The summed E-state index contributed by atoms with van der Waals surface area (Å²) in [5, 5.41) is 0. The third-order valence-electron chi connectivity index (χ3n) is 4.73. The highest BCUT2D eigenvalue weighted by Crippen LogP contribution is 2.37. The number of pyridine rings is 1. The topological polar surface area (TPSA) is 34.6 Å². The SMILES string of the molecule is CC1(C)OB(c2cccnc2N2CCCC2)OC1(C)C. The minimum absolute atomic E-state index is 0.310. The lowest BCUT2D eigenvalue weighted by molar-refractivity contribution is 0.00578. The Morgan fingerprint density at radius 3 is 2.30 bits per heavy atom. The first-order valence-corrected chi connectivity index (χ1v) is 7.46. The molecule has 2 aliphatic rings. The maximum Gasteiger partial charge on any atom is 0.498 e. The summed E-state index contributed by atoms with van der Waals surface area (Å²) < 4.78 is 12.3. The summed E-state index contributed by atoms with van der Waals surface area (Å²) in [5.41, 5.74) is 0.430. The largest absolute Gasteiger partial charge is 0.498 e. The van der Waals surface area contributed by atoms with Crippen molar-refractivity contribution >= 4 is 18.4 Å². The van der Waals surface area contributed by atoms with E-state index in [2.05, 4.69) is 43.6 Å². The van der Waals surface area contributed by atoms with E-state index in [0.717, 1.165) is 24.4 Å². The van der Waals surface area contributed by atoms with Crippen molar-refractivity contribution in [2.24, 2.45) is 0 Å². The monoisotopic (exact) mass is 274 g/mol. The van der Waals surface area contributed by atoms with Gasteiger partial charge in [-0.25, -0.2) is 4.98 Å². The zero-order valence-corrected chi connectivity index (χ0v) is 12.8. The van der Waals surface area contributed by atoms with Gasteiger partial charge in [-0.2, -0.15) is 0 Å². The van der Waals surface area contributed by atoms with Crippen molar-refractivity contribution in [1.82, 2.24) is 4.98 Å². The van der Waals surface area contributed by atoms with Gasteiger partial charge in [0.1, 0.15) is 5.82 Å². The molecule has 20 heavy (non-hydrogen) atoms. The van der Waals surface area contributed by atoms with Crippen LogP contribution in [0.3, 0.4) is 0 Å². The standard InChI is InChI=1S/C15H23BN2O2/c1-14(2)15(3,4)20-16(19-14)12-8-7-9-17-13(12)18-10-5-6-11-18/h7-9H,5-6,10-11H2,1-4H3.